The Morgan fingerprint density at radius 1 is 1.11 bits per heavy atom. The molecule has 0 aromatic heterocycles. The molecule has 0 saturated heterocycles. The molecule has 3 unspecified atom stereocenters. The molecular weight excluding hydrogens is 232 g/mol. The molecule has 104 valence electrons. The van der Waals surface area contributed by atoms with Crippen LogP contribution in [0.3, 0.4) is 0 Å². The fourth-order valence-electron chi connectivity index (χ4n) is 4.95. The van der Waals surface area contributed by atoms with Crippen LogP contribution in [-0.4, -0.2) is 5.11 Å². The van der Waals surface area contributed by atoms with Crippen LogP contribution in [0.15, 0.2) is 18.2 Å². The smallest absolute Gasteiger partial charge is 0.100 e. The second kappa shape index (κ2) is 3.63. The molecule has 2 bridgehead atoms. The molecule has 2 aliphatic carbocycles. The molecule has 0 aliphatic heterocycles. The van der Waals surface area contributed by atoms with Crippen molar-refractivity contribution in [3.8, 4) is 0 Å². The van der Waals surface area contributed by atoms with Crippen molar-refractivity contribution in [3.05, 3.63) is 34.9 Å². The fraction of sp³-hybridized carbons (Fsp3) is 0.667. The van der Waals surface area contributed by atoms with Crippen molar-refractivity contribution in [2.45, 2.75) is 59.5 Å². The molecule has 2 aliphatic rings. The van der Waals surface area contributed by atoms with Gasteiger partial charge in [0, 0.05) is 10.8 Å². The van der Waals surface area contributed by atoms with Crippen molar-refractivity contribution in [2.75, 3.05) is 0 Å². The van der Waals surface area contributed by atoms with Crippen LogP contribution in [0.4, 0.5) is 0 Å². The van der Waals surface area contributed by atoms with E-state index >= 15 is 0 Å². The fourth-order valence-corrected chi connectivity index (χ4v) is 4.95. The van der Waals surface area contributed by atoms with Gasteiger partial charge in [0.25, 0.3) is 0 Å². The van der Waals surface area contributed by atoms with Crippen molar-refractivity contribution in [1.29, 1.82) is 0 Å². The molecule has 19 heavy (non-hydrogen) atoms. The molecule has 3 rings (SSSR count). The van der Waals surface area contributed by atoms with Crippen LogP contribution in [0.5, 0.6) is 0 Å². The predicted octanol–water partition coefficient (Wildman–Crippen LogP) is 4.34. The summed E-state index contributed by atoms with van der Waals surface area (Å²) in [7, 11) is 0. The van der Waals surface area contributed by atoms with E-state index in [1.165, 1.54) is 24.0 Å². The van der Waals surface area contributed by atoms with Crippen molar-refractivity contribution >= 4 is 0 Å². The predicted molar refractivity (Wildman–Crippen MR) is 79.0 cm³/mol. The first-order valence-corrected chi connectivity index (χ1v) is 7.52. The van der Waals surface area contributed by atoms with Crippen LogP contribution >= 0.6 is 0 Å². The topological polar surface area (TPSA) is 20.2 Å². The van der Waals surface area contributed by atoms with Gasteiger partial charge in [-0.15, -0.1) is 0 Å². The Balaban J connectivity index is 2.18. The minimum absolute atomic E-state index is 0.0261. The highest BCUT2D eigenvalue weighted by atomic mass is 16.3. The van der Waals surface area contributed by atoms with Gasteiger partial charge in [-0.3, -0.25) is 0 Å². The number of aryl methyl sites for hydroxylation is 2. The first kappa shape index (κ1) is 13.2. The number of hydrogen-bond donors (Lipinski definition) is 1. The summed E-state index contributed by atoms with van der Waals surface area (Å²) >= 11 is 0. The number of benzene rings is 1. The van der Waals surface area contributed by atoms with Crippen molar-refractivity contribution in [2.24, 2.45) is 16.7 Å². The van der Waals surface area contributed by atoms with Gasteiger partial charge in [0.15, 0.2) is 0 Å². The minimum atomic E-state index is -0.679. The summed E-state index contributed by atoms with van der Waals surface area (Å²) in [6.45, 7) is 11.1. The second-order valence-corrected chi connectivity index (χ2v) is 7.73. The highest BCUT2D eigenvalue weighted by molar-refractivity contribution is 5.38. The normalized spacial score (nSPS) is 39.8. The Morgan fingerprint density at radius 3 is 2.32 bits per heavy atom. The Labute approximate surface area is 117 Å². The summed E-state index contributed by atoms with van der Waals surface area (Å²) in [6, 6.07) is 6.52. The van der Waals surface area contributed by atoms with Gasteiger partial charge in [0.2, 0.25) is 0 Å². The van der Waals surface area contributed by atoms with E-state index in [0.29, 0.717) is 5.92 Å². The molecule has 0 radical (unpaired) electrons. The molecular formula is C18H26O. The van der Waals surface area contributed by atoms with E-state index < -0.39 is 5.60 Å². The zero-order valence-electron chi connectivity index (χ0n) is 12.9. The molecule has 1 nitrogen and oxygen atoms in total. The molecule has 0 heterocycles. The van der Waals surface area contributed by atoms with Crippen LogP contribution in [0.2, 0.25) is 0 Å². The van der Waals surface area contributed by atoms with Gasteiger partial charge >= 0.3 is 0 Å². The maximum Gasteiger partial charge on any atom is 0.100 e. The third-order valence-corrected chi connectivity index (χ3v) is 6.49. The van der Waals surface area contributed by atoms with Crippen LogP contribution in [-0.2, 0) is 5.60 Å². The van der Waals surface area contributed by atoms with Gasteiger partial charge in [-0.1, -0.05) is 39.0 Å². The van der Waals surface area contributed by atoms with Crippen molar-refractivity contribution < 1.29 is 5.11 Å². The number of rotatable bonds is 1. The van der Waals surface area contributed by atoms with Crippen LogP contribution in [0, 0.1) is 30.6 Å². The van der Waals surface area contributed by atoms with E-state index in [4.69, 9.17) is 0 Å². The van der Waals surface area contributed by atoms with Gasteiger partial charge in [0.1, 0.15) is 5.60 Å². The summed E-state index contributed by atoms with van der Waals surface area (Å²) in [4.78, 5) is 0. The first-order chi connectivity index (χ1) is 8.72. The SMILES string of the molecule is Cc1ccc(C2(O)C3(C)CCC(C3)C2(C)C)cc1C. The lowest BCUT2D eigenvalue weighted by molar-refractivity contribution is -0.150. The molecule has 1 heteroatoms. The maximum absolute atomic E-state index is 11.7. The van der Waals surface area contributed by atoms with E-state index in [1.54, 1.807) is 0 Å². The number of fused-ring (bicyclic) bond motifs is 2. The minimum Gasteiger partial charge on any atom is -0.384 e. The van der Waals surface area contributed by atoms with Crippen LogP contribution in [0.1, 0.15) is 56.7 Å². The number of hydrogen-bond acceptors (Lipinski definition) is 1. The lowest BCUT2D eigenvalue weighted by atomic mass is 9.57. The molecule has 0 amide bonds. The Kier molecular flexibility index (Phi) is 2.52. The summed E-state index contributed by atoms with van der Waals surface area (Å²) in [5.41, 5.74) is 3.06. The van der Waals surface area contributed by atoms with Gasteiger partial charge in [-0.25, -0.2) is 0 Å². The quantitative estimate of drug-likeness (QED) is 0.794. The molecule has 3 atom stereocenters. The first-order valence-electron chi connectivity index (χ1n) is 7.52. The molecule has 0 spiro atoms. The summed E-state index contributed by atoms with van der Waals surface area (Å²) in [5, 5.41) is 11.7. The zero-order valence-corrected chi connectivity index (χ0v) is 12.9. The molecule has 2 fully saturated rings. The van der Waals surface area contributed by atoms with Gasteiger partial charge in [0.05, 0.1) is 0 Å². The van der Waals surface area contributed by atoms with E-state index in [2.05, 4.69) is 52.8 Å². The van der Waals surface area contributed by atoms with Crippen LogP contribution in [0.25, 0.3) is 0 Å². The standard InChI is InChI=1S/C18H26O/c1-12-6-7-14(10-13(12)2)18(19)16(3,4)15-8-9-17(18,5)11-15/h6-7,10,15,19H,8-9,11H2,1-5H3. The third kappa shape index (κ3) is 1.40. The maximum atomic E-state index is 11.7. The van der Waals surface area contributed by atoms with Gasteiger partial charge in [-0.2, -0.15) is 0 Å². The highest BCUT2D eigenvalue weighted by Crippen LogP contribution is 2.71. The lowest BCUT2D eigenvalue weighted by Gasteiger charge is -2.51. The molecule has 1 aromatic carbocycles. The van der Waals surface area contributed by atoms with Crippen LogP contribution < -0.4 is 0 Å². The lowest BCUT2D eigenvalue weighted by Crippen LogP contribution is -2.51. The Hall–Kier alpha value is -0.820. The molecule has 1 aromatic rings. The van der Waals surface area contributed by atoms with Crippen molar-refractivity contribution in [1.82, 2.24) is 0 Å². The Bertz CT molecular complexity index is 524. The van der Waals surface area contributed by atoms with Gasteiger partial charge in [-0.05, 0) is 55.7 Å². The van der Waals surface area contributed by atoms with E-state index in [0.717, 1.165) is 12.0 Å². The number of aliphatic hydroxyl groups is 1. The van der Waals surface area contributed by atoms with E-state index in [9.17, 15) is 5.11 Å². The average molecular weight is 258 g/mol. The molecule has 2 saturated carbocycles. The van der Waals surface area contributed by atoms with E-state index in [-0.39, 0.29) is 10.8 Å². The summed E-state index contributed by atoms with van der Waals surface area (Å²) in [5.74, 6) is 0.657. The summed E-state index contributed by atoms with van der Waals surface area (Å²) < 4.78 is 0. The average Bonchev–Trinajstić information content (AvgIpc) is 2.80. The summed E-state index contributed by atoms with van der Waals surface area (Å²) in [6.07, 6.45) is 3.60. The zero-order chi connectivity index (χ0) is 14.1. The van der Waals surface area contributed by atoms with Gasteiger partial charge < -0.3 is 5.11 Å². The van der Waals surface area contributed by atoms with E-state index in [1.807, 2.05) is 0 Å². The monoisotopic (exact) mass is 258 g/mol. The molecule has 1 N–H and O–H groups in total. The highest BCUT2D eigenvalue weighted by Gasteiger charge is 2.68. The van der Waals surface area contributed by atoms with Crippen molar-refractivity contribution in [3.63, 3.8) is 0 Å². The second-order valence-electron chi connectivity index (χ2n) is 7.73. The largest absolute Gasteiger partial charge is 0.384 e. The Morgan fingerprint density at radius 2 is 1.79 bits per heavy atom. The third-order valence-electron chi connectivity index (χ3n) is 6.49.